The largest absolute Gasteiger partial charge is 0.490 e. The average molecular weight is 575 g/mol. The Hall–Kier alpha value is -4.38. The number of halogens is 2. The van der Waals surface area contributed by atoms with Crippen LogP contribution in [0.4, 0.5) is 8.78 Å². The number of benzene rings is 1. The predicted octanol–water partition coefficient (Wildman–Crippen LogP) is 6.38. The van der Waals surface area contributed by atoms with Crippen LogP contribution in [0.15, 0.2) is 54.7 Å². The van der Waals surface area contributed by atoms with Gasteiger partial charge in [-0.1, -0.05) is 6.58 Å². The highest BCUT2D eigenvalue weighted by molar-refractivity contribution is 7.18. The van der Waals surface area contributed by atoms with E-state index in [0.29, 0.717) is 35.7 Å². The first kappa shape index (κ1) is 26.8. The predicted molar refractivity (Wildman–Crippen MR) is 154 cm³/mol. The number of aromatic nitrogens is 5. The molecule has 0 saturated heterocycles. The molecule has 1 aliphatic rings. The van der Waals surface area contributed by atoms with E-state index in [1.54, 1.807) is 29.6 Å². The van der Waals surface area contributed by atoms with Gasteiger partial charge >= 0.3 is 0 Å². The van der Waals surface area contributed by atoms with Crippen molar-refractivity contribution in [3.8, 4) is 39.5 Å². The van der Waals surface area contributed by atoms with E-state index in [0.717, 1.165) is 27.4 Å². The summed E-state index contributed by atoms with van der Waals surface area (Å²) < 4.78 is 40.6. The Bertz CT molecular complexity index is 1820. The van der Waals surface area contributed by atoms with Gasteiger partial charge < -0.3 is 9.64 Å². The third-order valence-corrected chi connectivity index (χ3v) is 7.95. The lowest BCUT2D eigenvalue weighted by molar-refractivity contribution is -0.127. The van der Waals surface area contributed by atoms with Crippen LogP contribution in [0, 0.1) is 11.6 Å². The van der Waals surface area contributed by atoms with Crippen LogP contribution in [0.1, 0.15) is 32.5 Å². The lowest BCUT2D eigenvalue weighted by Crippen LogP contribution is -2.39. The van der Waals surface area contributed by atoms with E-state index >= 15 is 4.39 Å². The van der Waals surface area contributed by atoms with Gasteiger partial charge in [-0.2, -0.15) is 10.2 Å². The first-order valence-electron chi connectivity index (χ1n) is 13.2. The van der Waals surface area contributed by atoms with E-state index in [1.165, 1.54) is 23.5 Å². The Labute approximate surface area is 239 Å². The minimum Gasteiger partial charge on any atom is -0.490 e. The van der Waals surface area contributed by atoms with Crippen LogP contribution in [-0.2, 0) is 18.4 Å². The molecule has 1 amide bonds. The van der Waals surface area contributed by atoms with Crippen LogP contribution in [0.2, 0.25) is 0 Å². The van der Waals surface area contributed by atoms with Crippen molar-refractivity contribution in [2.45, 2.75) is 39.5 Å². The third-order valence-electron chi connectivity index (χ3n) is 7.01. The lowest BCUT2D eigenvalue weighted by atomic mass is 9.97. The number of carbonyl (C=O) groups is 1. The van der Waals surface area contributed by atoms with Gasteiger partial charge in [0.05, 0.1) is 41.8 Å². The van der Waals surface area contributed by atoms with Gasteiger partial charge in [-0.15, -0.1) is 11.3 Å². The summed E-state index contributed by atoms with van der Waals surface area (Å²) in [5.74, 6) is -1.56. The minimum atomic E-state index is -0.757. The molecule has 0 spiro atoms. The zero-order chi connectivity index (χ0) is 29.0. The standard InChI is InChI=1S/C30H28F2N6O2S/c1-6-25(39)37-13-17(4)38-20(15-37)11-23(35-38)29-27(26-22(32)9-19(31)10-24(26)40-16(2)3)30-21(7-8-41-30)28(34-29)18-12-33-36(5)14-18/h6-12,14,16-17H,1,13,15H2,2-5H3/t17-/m0/s1. The van der Waals surface area contributed by atoms with Crippen LogP contribution in [-0.4, -0.2) is 48.0 Å². The average Bonchev–Trinajstić information content (AvgIpc) is 3.67. The smallest absolute Gasteiger partial charge is 0.246 e. The Morgan fingerprint density at radius 1 is 1.22 bits per heavy atom. The second-order valence-corrected chi connectivity index (χ2v) is 11.3. The van der Waals surface area contributed by atoms with Gasteiger partial charge in [0.15, 0.2) is 0 Å². The number of hydrogen-bond donors (Lipinski definition) is 0. The molecule has 0 bridgehead atoms. The van der Waals surface area contributed by atoms with Gasteiger partial charge in [0.1, 0.15) is 28.8 Å². The fraction of sp³-hybridized carbons (Fsp3) is 0.267. The quantitative estimate of drug-likeness (QED) is 0.220. The van der Waals surface area contributed by atoms with Crippen LogP contribution in [0.25, 0.3) is 43.9 Å². The fourth-order valence-electron chi connectivity index (χ4n) is 5.35. The van der Waals surface area contributed by atoms with Crippen molar-refractivity contribution in [3.63, 3.8) is 0 Å². The van der Waals surface area contributed by atoms with Gasteiger partial charge in [0.2, 0.25) is 5.91 Å². The zero-order valence-electron chi connectivity index (χ0n) is 23.1. The van der Waals surface area contributed by atoms with Crippen molar-refractivity contribution in [1.82, 2.24) is 29.4 Å². The number of amides is 1. The Kier molecular flexibility index (Phi) is 6.69. The van der Waals surface area contributed by atoms with Crippen LogP contribution >= 0.6 is 11.3 Å². The van der Waals surface area contributed by atoms with E-state index in [4.69, 9.17) is 14.8 Å². The summed E-state index contributed by atoms with van der Waals surface area (Å²) in [6.07, 6.45) is 4.58. The van der Waals surface area contributed by atoms with Crippen molar-refractivity contribution in [2.24, 2.45) is 7.05 Å². The summed E-state index contributed by atoms with van der Waals surface area (Å²) in [6.45, 7) is 10.0. The third kappa shape index (κ3) is 4.69. The number of nitrogens with zero attached hydrogens (tertiary/aromatic N) is 6. The Balaban J connectivity index is 1.66. The molecular weight excluding hydrogens is 546 g/mol. The lowest BCUT2D eigenvalue weighted by Gasteiger charge is -2.31. The van der Waals surface area contributed by atoms with Crippen molar-refractivity contribution in [1.29, 1.82) is 0 Å². The molecule has 6 rings (SSSR count). The number of hydrogen-bond acceptors (Lipinski definition) is 6. The molecule has 41 heavy (non-hydrogen) atoms. The normalized spacial score (nSPS) is 15.0. The highest BCUT2D eigenvalue weighted by Gasteiger charge is 2.30. The van der Waals surface area contributed by atoms with Crippen molar-refractivity contribution < 1.29 is 18.3 Å². The maximum absolute atomic E-state index is 15.8. The topological polar surface area (TPSA) is 78.1 Å². The number of pyridine rings is 1. The molecule has 4 aromatic heterocycles. The van der Waals surface area contributed by atoms with Gasteiger partial charge in [-0.25, -0.2) is 13.8 Å². The number of ether oxygens (including phenoxy) is 1. The first-order valence-corrected chi connectivity index (χ1v) is 14.1. The minimum absolute atomic E-state index is 0.0875. The highest BCUT2D eigenvalue weighted by Crippen LogP contribution is 2.47. The fourth-order valence-corrected chi connectivity index (χ4v) is 6.30. The molecule has 210 valence electrons. The van der Waals surface area contributed by atoms with E-state index in [-0.39, 0.29) is 29.4 Å². The van der Waals surface area contributed by atoms with Crippen molar-refractivity contribution >= 4 is 27.3 Å². The zero-order valence-corrected chi connectivity index (χ0v) is 23.9. The van der Waals surface area contributed by atoms with E-state index in [9.17, 15) is 9.18 Å². The Morgan fingerprint density at radius 3 is 2.73 bits per heavy atom. The van der Waals surface area contributed by atoms with E-state index in [1.807, 2.05) is 42.4 Å². The molecule has 11 heteroatoms. The maximum atomic E-state index is 15.8. The second kappa shape index (κ2) is 10.2. The SMILES string of the molecule is C=CC(=O)N1Cc2cc(-c3nc(-c4cnn(C)c4)c4ccsc4c3-c3c(F)cc(F)cc3OC(C)C)nn2[C@@H](C)C1. The summed E-state index contributed by atoms with van der Waals surface area (Å²) in [5.41, 5.74) is 3.80. The van der Waals surface area contributed by atoms with Crippen LogP contribution < -0.4 is 4.74 Å². The molecule has 0 N–H and O–H groups in total. The number of thiophene rings is 1. The van der Waals surface area contributed by atoms with Gasteiger partial charge in [-0.05, 0) is 44.4 Å². The van der Waals surface area contributed by atoms with Crippen molar-refractivity contribution in [2.75, 3.05) is 6.54 Å². The number of carbonyl (C=O) groups excluding carboxylic acids is 1. The molecule has 1 atom stereocenters. The molecule has 0 saturated carbocycles. The van der Waals surface area contributed by atoms with Gasteiger partial charge in [0, 0.05) is 53.1 Å². The van der Waals surface area contributed by atoms with Crippen LogP contribution in [0.3, 0.4) is 0 Å². The number of aryl methyl sites for hydroxylation is 1. The number of rotatable bonds is 6. The molecule has 0 unspecified atom stereocenters. The van der Waals surface area contributed by atoms with Crippen LogP contribution in [0.5, 0.6) is 5.75 Å². The monoisotopic (exact) mass is 574 g/mol. The highest BCUT2D eigenvalue weighted by atomic mass is 32.1. The number of fused-ring (bicyclic) bond motifs is 2. The molecular formula is C30H28F2N6O2S. The molecule has 8 nitrogen and oxygen atoms in total. The molecule has 5 aromatic rings. The van der Waals surface area contributed by atoms with Gasteiger partial charge in [-0.3, -0.25) is 14.2 Å². The molecule has 0 aliphatic carbocycles. The Morgan fingerprint density at radius 2 is 2.02 bits per heavy atom. The molecule has 0 radical (unpaired) electrons. The summed E-state index contributed by atoms with van der Waals surface area (Å²) in [5, 5.41) is 12.0. The second-order valence-electron chi connectivity index (χ2n) is 10.4. The van der Waals surface area contributed by atoms with E-state index in [2.05, 4.69) is 11.7 Å². The van der Waals surface area contributed by atoms with E-state index < -0.39 is 11.6 Å². The summed E-state index contributed by atoms with van der Waals surface area (Å²) in [7, 11) is 1.83. The maximum Gasteiger partial charge on any atom is 0.246 e. The molecule has 0 fully saturated rings. The summed E-state index contributed by atoms with van der Waals surface area (Å²) in [4.78, 5) is 19.2. The summed E-state index contributed by atoms with van der Waals surface area (Å²) >= 11 is 1.43. The molecule has 1 aromatic carbocycles. The van der Waals surface area contributed by atoms with Crippen molar-refractivity contribution in [3.05, 3.63) is 72.0 Å². The first-order chi connectivity index (χ1) is 19.6. The molecule has 1 aliphatic heterocycles. The van der Waals surface area contributed by atoms with Gasteiger partial charge in [0.25, 0.3) is 0 Å². The summed E-state index contributed by atoms with van der Waals surface area (Å²) in [6, 6.07) is 5.77. The molecule has 5 heterocycles.